The van der Waals surface area contributed by atoms with Gasteiger partial charge in [0.05, 0.1) is 10.9 Å². The van der Waals surface area contributed by atoms with Gasteiger partial charge >= 0.3 is 0 Å². The zero-order valence-corrected chi connectivity index (χ0v) is 19.2. The maximum absolute atomic E-state index is 12.2. The van der Waals surface area contributed by atoms with E-state index in [0.717, 1.165) is 10.6 Å². The second-order valence-corrected chi connectivity index (χ2v) is 10.8. The molecule has 13 heteroatoms. The molecular weight excluding hydrogens is 454 g/mol. The number of aromatic nitrogens is 4. The van der Waals surface area contributed by atoms with Crippen LogP contribution in [-0.2, 0) is 16.6 Å². The van der Waals surface area contributed by atoms with Crippen LogP contribution in [0.25, 0.3) is 11.2 Å². The Bertz CT molecular complexity index is 1290. The van der Waals surface area contributed by atoms with Crippen molar-refractivity contribution in [2.75, 3.05) is 38.1 Å². The Morgan fingerprint density at radius 1 is 1.25 bits per heavy atom. The molecule has 1 saturated carbocycles. The lowest BCUT2D eigenvalue weighted by molar-refractivity contribution is 0.174. The molecule has 0 atom stereocenters. The van der Waals surface area contributed by atoms with Gasteiger partial charge < -0.3 is 24.7 Å². The zero-order valence-electron chi connectivity index (χ0n) is 17.6. The van der Waals surface area contributed by atoms with E-state index in [-0.39, 0.29) is 24.4 Å². The van der Waals surface area contributed by atoms with E-state index in [1.54, 1.807) is 0 Å². The third kappa shape index (κ3) is 3.91. The van der Waals surface area contributed by atoms with Crippen LogP contribution in [0.15, 0.2) is 28.5 Å². The van der Waals surface area contributed by atoms with Crippen molar-refractivity contribution >= 4 is 44.5 Å². The number of imidazole rings is 1. The fourth-order valence-electron chi connectivity index (χ4n) is 3.45. The summed E-state index contributed by atoms with van der Waals surface area (Å²) in [4.78, 5) is 15.9. The first kappa shape index (κ1) is 21.1. The largest absolute Gasteiger partial charge is 0.454 e. The highest BCUT2D eigenvalue weighted by atomic mass is 32.2. The minimum atomic E-state index is -3.28. The summed E-state index contributed by atoms with van der Waals surface area (Å²) < 4.78 is 40.1. The van der Waals surface area contributed by atoms with Gasteiger partial charge in [0.2, 0.25) is 16.8 Å². The third-order valence-corrected chi connectivity index (χ3v) is 8.26. The van der Waals surface area contributed by atoms with E-state index in [1.807, 2.05) is 35.7 Å². The maximum Gasteiger partial charge on any atom is 0.231 e. The highest BCUT2D eigenvalue weighted by Gasteiger charge is 2.35. The summed E-state index contributed by atoms with van der Waals surface area (Å²) in [6, 6.07) is 3.84. The predicted molar refractivity (Wildman–Crippen MR) is 121 cm³/mol. The van der Waals surface area contributed by atoms with Crippen molar-refractivity contribution in [2.24, 2.45) is 0 Å². The topological polar surface area (TPSA) is 137 Å². The fourth-order valence-corrected chi connectivity index (χ4v) is 5.95. The van der Waals surface area contributed by atoms with Crippen LogP contribution in [0.1, 0.15) is 12.8 Å². The van der Waals surface area contributed by atoms with E-state index in [0.29, 0.717) is 47.2 Å². The van der Waals surface area contributed by atoms with Crippen LogP contribution < -0.4 is 24.8 Å². The molecule has 32 heavy (non-hydrogen) atoms. The smallest absolute Gasteiger partial charge is 0.231 e. The van der Waals surface area contributed by atoms with E-state index in [2.05, 4.69) is 19.7 Å². The summed E-state index contributed by atoms with van der Waals surface area (Å²) in [5.74, 6) is 1.63. The number of anilines is 2. The van der Waals surface area contributed by atoms with Crippen molar-refractivity contribution in [3.8, 4) is 11.5 Å². The first-order valence-corrected chi connectivity index (χ1v) is 12.4. The van der Waals surface area contributed by atoms with Crippen molar-refractivity contribution in [1.29, 1.82) is 0 Å². The van der Waals surface area contributed by atoms with Crippen LogP contribution in [0.3, 0.4) is 0 Å². The summed E-state index contributed by atoms with van der Waals surface area (Å²) in [6.45, 7) is 0.759. The number of hydrogen-bond donors (Lipinski definition) is 2. The molecule has 1 aliphatic heterocycles. The van der Waals surface area contributed by atoms with Gasteiger partial charge in [-0.1, -0.05) is 0 Å². The first-order chi connectivity index (χ1) is 15.3. The lowest BCUT2D eigenvalue weighted by Crippen LogP contribution is -2.30. The second kappa shape index (κ2) is 7.98. The van der Waals surface area contributed by atoms with E-state index in [1.165, 1.54) is 18.1 Å². The number of ether oxygens (including phenoxy) is 2. The number of nitrogens with one attached hydrogen (secondary N) is 1. The van der Waals surface area contributed by atoms with Crippen LogP contribution >= 0.6 is 11.8 Å². The van der Waals surface area contributed by atoms with Crippen LogP contribution in [0.4, 0.5) is 11.5 Å². The van der Waals surface area contributed by atoms with Gasteiger partial charge in [0.15, 0.2) is 33.6 Å². The molecule has 3 N–H and O–H groups in total. The van der Waals surface area contributed by atoms with Gasteiger partial charge in [-0.3, -0.25) is 0 Å². The number of rotatable bonds is 8. The highest BCUT2D eigenvalue weighted by molar-refractivity contribution is 7.99. The van der Waals surface area contributed by atoms with Gasteiger partial charge in [0.1, 0.15) is 6.33 Å². The third-order valence-electron chi connectivity index (χ3n) is 5.26. The van der Waals surface area contributed by atoms with Gasteiger partial charge in [0, 0.05) is 44.2 Å². The quantitative estimate of drug-likeness (QED) is 0.490. The van der Waals surface area contributed by atoms with Gasteiger partial charge in [-0.15, -0.1) is 0 Å². The molecule has 3 heterocycles. The zero-order chi connectivity index (χ0) is 22.5. The molecule has 0 saturated heterocycles. The molecule has 0 spiro atoms. The number of nitrogen functional groups attached to an aromatic ring is 1. The molecule has 2 aromatic heterocycles. The SMILES string of the molecule is CN(C)c1cc2c(cc1Sc1nc3c(N)ncnc3n1CCNS(=O)(=O)C1CC1)OCO2. The molecule has 5 rings (SSSR count). The molecule has 2 aliphatic rings. The number of hydrogen-bond acceptors (Lipinski definition) is 10. The van der Waals surface area contributed by atoms with Gasteiger partial charge in [-0.25, -0.2) is 28.1 Å². The van der Waals surface area contributed by atoms with Crippen molar-refractivity contribution < 1.29 is 17.9 Å². The predicted octanol–water partition coefficient (Wildman–Crippen LogP) is 1.44. The molecule has 0 bridgehead atoms. The van der Waals surface area contributed by atoms with Crippen LogP contribution in [-0.4, -0.2) is 60.6 Å². The molecule has 1 fully saturated rings. The van der Waals surface area contributed by atoms with E-state index in [4.69, 9.17) is 15.2 Å². The Morgan fingerprint density at radius 2 is 2.00 bits per heavy atom. The highest BCUT2D eigenvalue weighted by Crippen LogP contribution is 2.44. The molecule has 0 amide bonds. The lowest BCUT2D eigenvalue weighted by atomic mass is 10.2. The van der Waals surface area contributed by atoms with E-state index in [9.17, 15) is 8.42 Å². The monoisotopic (exact) mass is 477 g/mol. The minimum Gasteiger partial charge on any atom is -0.454 e. The van der Waals surface area contributed by atoms with Gasteiger partial charge in [-0.2, -0.15) is 0 Å². The Morgan fingerprint density at radius 3 is 2.72 bits per heavy atom. The van der Waals surface area contributed by atoms with E-state index < -0.39 is 10.0 Å². The second-order valence-electron chi connectivity index (χ2n) is 7.79. The van der Waals surface area contributed by atoms with Crippen molar-refractivity contribution in [1.82, 2.24) is 24.2 Å². The number of benzene rings is 1. The number of sulfonamides is 1. The standard InChI is InChI=1S/C19H23N7O4S2/c1-25(2)12-7-13-14(30-10-29-13)8-15(12)31-19-24-16-17(20)21-9-22-18(16)26(19)6-5-23-32(27,28)11-3-4-11/h7-9,11,23H,3-6,10H2,1-2H3,(H2,20,21,22). The minimum absolute atomic E-state index is 0.183. The van der Waals surface area contributed by atoms with Crippen LogP contribution in [0, 0.1) is 0 Å². The van der Waals surface area contributed by atoms with Crippen LogP contribution in [0.2, 0.25) is 0 Å². The van der Waals surface area contributed by atoms with Gasteiger partial charge in [-0.05, 0) is 24.6 Å². The Hall–Kier alpha value is -2.77. The number of nitrogens with zero attached hydrogens (tertiary/aromatic N) is 5. The maximum atomic E-state index is 12.2. The molecule has 1 aromatic carbocycles. The summed E-state index contributed by atoms with van der Waals surface area (Å²) in [7, 11) is 0.607. The normalized spacial score (nSPS) is 15.4. The molecular formula is C19H23N7O4S2. The average Bonchev–Trinajstić information content (AvgIpc) is 3.43. The van der Waals surface area contributed by atoms with E-state index >= 15 is 0 Å². The van der Waals surface area contributed by atoms with Crippen LogP contribution in [0.5, 0.6) is 11.5 Å². The van der Waals surface area contributed by atoms with Crippen molar-refractivity contribution in [2.45, 2.75) is 34.7 Å². The first-order valence-electron chi connectivity index (χ1n) is 10.1. The van der Waals surface area contributed by atoms with Gasteiger partial charge in [0.25, 0.3) is 0 Å². The number of nitrogens with two attached hydrogens (primary N) is 1. The Kier molecular flexibility index (Phi) is 5.26. The Balaban J connectivity index is 1.50. The average molecular weight is 478 g/mol. The molecule has 170 valence electrons. The molecule has 11 nitrogen and oxygen atoms in total. The summed E-state index contributed by atoms with van der Waals surface area (Å²) in [5.41, 5.74) is 8.01. The fraction of sp³-hybridized carbons (Fsp3) is 0.421. The lowest BCUT2D eigenvalue weighted by Gasteiger charge is -2.18. The molecule has 0 unspecified atom stereocenters. The number of fused-ring (bicyclic) bond motifs is 2. The van der Waals surface area contributed by atoms with Crippen molar-refractivity contribution in [3.63, 3.8) is 0 Å². The summed E-state index contributed by atoms with van der Waals surface area (Å²) >= 11 is 1.42. The summed E-state index contributed by atoms with van der Waals surface area (Å²) in [6.07, 6.45) is 2.81. The Labute approximate surface area is 189 Å². The molecule has 3 aromatic rings. The van der Waals surface area contributed by atoms with Crippen molar-refractivity contribution in [3.05, 3.63) is 18.5 Å². The summed E-state index contributed by atoms with van der Waals surface area (Å²) in [5, 5.41) is 0.352. The molecule has 0 radical (unpaired) electrons. The molecule has 1 aliphatic carbocycles.